The SMILES string of the molecule is CC(=O)Nc1nc(C)c(-c2cc3c(c(C(=O)O)n2)C(=O)N([C@@H](C)C2CC2)C3)s1. The zero-order chi connectivity index (χ0) is 20.2. The van der Waals surface area contributed by atoms with Crippen LogP contribution in [-0.4, -0.2) is 43.8 Å². The van der Waals surface area contributed by atoms with E-state index in [1.807, 2.05) is 6.92 Å². The number of rotatable bonds is 5. The largest absolute Gasteiger partial charge is 0.476 e. The van der Waals surface area contributed by atoms with Gasteiger partial charge in [-0.2, -0.15) is 0 Å². The maximum Gasteiger partial charge on any atom is 0.355 e. The first-order valence-electron chi connectivity index (χ1n) is 9.09. The minimum absolute atomic E-state index is 0.0847. The molecule has 4 rings (SSSR count). The molecule has 0 saturated heterocycles. The Morgan fingerprint density at radius 2 is 2.07 bits per heavy atom. The van der Waals surface area contributed by atoms with Gasteiger partial charge in [0.15, 0.2) is 10.8 Å². The molecule has 1 atom stereocenters. The Balaban J connectivity index is 1.77. The van der Waals surface area contributed by atoms with Gasteiger partial charge in [0, 0.05) is 19.5 Å². The average molecular weight is 400 g/mol. The normalized spacial score (nSPS) is 16.8. The second kappa shape index (κ2) is 6.66. The van der Waals surface area contributed by atoms with E-state index in [0.717, 1.165) is 12.8 Å². The second-order valence-corrected chi connectivity index (χ2v) is 8.32. The summed E-state index contributed by atoms with van der Waals surface area (Å²) in [5.74, 6) is -1.23. The van der Waals surface area contributed by atoms with Crippen LogP contribution in [0.25, 0.3) is 10.6 Å². The Kier molecular flexibility index (Phi) is 4.41. The van der Waals surface area contributed by atoms with Crippen molar-refractivity contribution in [1.29, 1.82) is 0 Å². The Morgan fingerprint density at radius 1 is 1.36 bits per heavy atom. The Bertz CT molecular complexity index is 1010. The highest BCUT2D eigenvalue weighted by Crippen LogP contribution is 2.40. The van der Waals surface area contributed by atoms with E-state index < -0.39 is 5.97 Å². The molecule has 1 aliphatic heterocycles. The lowest BCUT2D eigenvalue weighted by molar-refractivity contribution is -0.114. The molecule has 0 bridgehead atoms. The number of thiazole rings is 1. The Hall–Kier alpha value is -2.81. The molecule has 9 heteroatoms. The number of nitrogens with one attached hydrogen (secondary N) is 1. The zero-order valence-corrected chi connectivity index (χ0v) is 16.6. The maximum absolute atomic E-state index is 12.9. The molecule has 1 saturated carbocycles. The predicted octanol–water partition coefficient (Wildman–Crippen LogP) is 2.92. The second-order valence-electron chi connectivity index (χ2n) is 7.32. The molecule has 1 aliphatic carbocycles. The minimum Gasteiger partial charge on any atom is -0.476 e. The number of hydrogen-bond acceptors (Lipinski definition) is 6. The standard InChI is InChI=1S/C19H20N4O4S/c1-8-16(28-19(20-8)21-10(3)24)13-6-12-7-23(9(2)11-4-5-11)17(25)14(12)15(22-13)18(26)27/h6,9,11H,4-5,7H2,1-3H3,(H,26,27)(H,20,21,24)/t9-/m0/s1. The van der Waals surface area contributed by atoms with E-state index in [1.165, 1.54) is 18.3 Å². The smallest absolute Gasteiger partial charge is 0.355 e. The van der Waals surface area contributed by atoms with E-state index in [2.05, 4.69) is 15.3 Å². The number of carbonyl (C=O) groups is 3. The molecule has 2 aromatic heterocycles. The molecular weight excluding hydrogens is 380 g/mol. The van der Waals surface area contributed by atoms with Crippen molar-refractivity contribution in [2.24, 2.45) is 5.92 Å². The van der Waals surface area contributed by atoms with Gasteiger partial charge < -0.3 is 15.3 Å². The summed E-state index contributed by atoms with van der Waals surface area (Å²) in [4.78, 5) is 47.0. The molecule has 2 aromatic rings. The number of aryl methyl sites for hydroxylation is 1. The number of anilines is 1. The summed E-state index contributed by atoms with van der Waals surface area (Å²) in [6, 6.07) is 1.86. The molecule has 2 aliphatic rings. The predicted molar refractivity (Wildman–Crippen MR) is 103 cm³/mol. The minimum atomic E-state index is -1.23. The summed E-state index contributed by atoms with van der Waals surface area (Å²) < 4.78 is 0. The van der Waals surface area contributed by atoms with Crippen LogP contribution in [0.2, 0.25) is 0 Å². The van der Waals surface area contributed by atoms with Gasteiger partial charge in [-0.05, 0) is 44.2 Å². The molecule has 0 radical (unpaired) electrons. The van der Waals surface area contributed by atoms with Crippen LogP contribution in [0, 0.1) is 12.8 Å². The highest BCUT2D eigenvalue weighted by atomic mass is 32.1. The summed E-state index contributed by atoms with van der Waals surface area (Å²) in [5, 5.41) is 12.7. The fraction of sp³-hybridized carbons (Fsp3) is 0.421. The van der Waals surface area contributed by atoms with Gasteiger partial charge in [-0.1, -0.05) is 11.3 Å². The number of hydrogen-bond donors (Lipinski definition) is 2. The van der Waals surface area contributed by atoms with Gasteiger partial charge in [0.1, 0.15) is 0 Å². The topological polar surface area (TPSA) is 112 Å². The molecule has 28 heavy (non-hydrogen) atoms. The first kappa shape index (κ1) is 18.5. The van der Waals surface area contributed by atoms with Crippen LogP contribution in [-0.2, 0) is 11.3 Å². The van der Waals surface area contributed by atoms with Crippen molar-refractivity contribution in [1.82, 2.24) is 14.9 Å². The summed E-state index contributed by atoms with van der Waals surface area (Å²) in [7, 11) is 0. The van der Waals surface area contributed by atoms with Crippen LogP contribution in [0.1, 0.15) is 58.8 Å². The molecule has 1 fully saturated rings. The number of aromatic carboxylic acids is 1. The van der Waals surface area contributed by atoms with Gasteiger partial charge in [0.25, 0.3) is 5.91 Å². The number of aromatic nitrogens is 2. The summed E-state index contributed by atoms with van der Waals surface area (Å²) in [6.07, 6.45) is 2.20. The number of carboxylic acid groups (broad SMARTS) is 1. The molecule has 0 unspecified atom stereocenters. The molecule has 2 N–H and O–H groups in total. The van der Waals surface area contributed by atoms with Crippen LogP contribution in [0.5, 0.6) is 0 Å². The quantitative estimate of drug-likeness (QED) is 0.798. The molecule has 0 spiro atoms. The highest BCUT2D eigenvalue weighted by Gasteiger charge is 2.41. The fourth-order valence-corrected chi connectivity index (χ4v) is 4.60. The monoisotopic (exact) mass is 400 g/mol. The van der Waals surface area contributed by atoms with Crippen molar-refractivity contribution < 1.29 is 19.5 Å². The summed E-state index contributed by atoms with van der Waals surface area (Å²) in [5.41, 5.74) is 1.74. The number of carboxylic acids is 1. The maximum atomic E-state index is 12.9. The average Bonchev–Trinajstić information content (AvgIpc) is 3.33. The molecular formula is C19H20N4O4S. The lowest BCUT2D eigenvalue weighted by Crippen LogP contribution is -2.35. The van der Waals surface area contributed by atoms with E-state index in [9.17, 15) is 19.5 Å². The van der Waals surface area contributed by atoms with Gasteiger partial charge in [0.2, 0.25) is 5.91 Å². The van der Waals surface area contributed by atoms with Gasteiger partial charge in [0.05, 0.1) is 21.8 Å². The zero-order valence-electron chi connectivity index (χ0n) is 15.8. The lowest BCUT2D eigenvalue weighted by Gasteiger charge is -2.23. The number of carbonyl (C=O) groups excluding carboxylic acids is 2. The third-order valence-electron chi connectivity index (χ3n) is 5.23. The van der Waals surface area contributed by atoms with E-state index in [1.54, 1.807) is 17.9 Å². The lowest BCUT2D eigenvalue weighted by atomic mass is 10.1. The number of fused-ring (bicyclic) bond motifs is 1. The van der Waals surface area contributed by atoms with Crippen LogP contribution >= 0.6 is 11.3 Å². The van der Waals surface area contributed by atoms with Crippen LogP contribution in [0.15, 0.2) is 6.07 Å². The van der Waals surface area contributed by atoms with Crippen LogP contribution in [0.3, 0.4) is 0 Å². The number of pyridine rings is 1. The first-order valence-corrected chi connectivity index (χ1v) is 9.91. The van der Waals surface area contributed by atoms with Crippen LogP contribution in [0.4, 0.5) is 5.13 Å². The Morgan fingerprint density at radius 3 is 2.68 bits per heavy atom. The van der Waals surface area contributed by atoms with Crippen molar-refractivity contribution >= 4 is 34.3 Å². The van der Waals surface area contributed by atoms with E-state index >= 15 is 0 Å². The number of nitrogens with zero attached hydrogens (tertiary/aromatic N) is 3. The Labute approximate surface area is 165 Å². The molecule has 3 heterocycles. The van der Waals surface area contributed by atoms with Gasteiger partial charge >= 0.3 is 5.97 Å². The summed E-state index contributed by atoms with van der Waals surface area (Å²) >= 11 is 1.23. The molecule has 2 amide bonds. The third-order valence-corrected chi connectivity index (χ3v) is 6.32. The highest BCUT2D eigenvalue weighted by molar-refractivity contribution is 7.19. The van der Waals surface area contributed by atoms with Gasteiger partial charge in [-0.25, -0.2) is 14.8 Å². The van der Waals surface area contributed by atoms with Gasteiger partial charge in [-0.3, -0.25) is 9.59 Å². The van der Waals surface area contributed by atoms with Crippen molar-refractivity contribution in [2.75, 3.05) is 5.32 Å². The van der Waals surface area contributed by atoms with Crippen LogP contribution < -0.4 is 5.32 Å². The van der Waals surface area contributed by atoms with Crippen molar-refractivity contribution in [2.45, 2.75) is 46.2 Å². The van der Waals surface area contributed by atoms with Crippen molar-refractivity contribution in [3.8, 4) is 10.6 Å². The van der Waals surface area contributed by atoms with E-state index in [-0.39, 0.29) is 29.1 Å². The van der Waals surface area contributed by atoms with E-state index in [0.29, 0.717) is 39.4 Å². The van der Waals surface area contributed by atoms with Gasteiger partial charge in [-0.15, -0.1) is 0 Å². The van der Waals surface area contributed by atoms with Crippen molar-refractivity contribution in [3.63, 3.8) is 0 Å². The third kappa shape index (κ3) is 3.15. The van der Waals surface area contributed by atoms with E-state index in [4.69, 9.17) is 0 Å². The molecule has 8 nitrogen and oxygen atoms in total. The fourth-order valence-electron chi connectivity index (χ4n) is 3.63. The molecule has 0 aromatic carbocycles. The first-order chi connectivity index (χ1) is 13.3. The summed E-state index contributed by atoms with van der Waals surface area (Å²) in [6.45, 7) is 5.58. The number of amides is 2. The van der Waals surface area contributed by atoms with Crippen molar-refractivity contribution in [3.05, 3.63) is 28.6 Å². The molecule has 146 valence electrons.